The number of carbonyl (C=O) groups excluding carboxylic acids is 2. The van der Waals surface area contributed by atoms with Crippen LogP contribution in [-0.4, -0.2) is 18.5 Å². The minimum atomic E-state index is -0.565. The Morgan fingerprint density at radius 3 is 2.16 bits per heavy atom. The van der Waals surface area contributed by atoms with E-state index in [2.05, 4.69) is 43.5 Å². The Hall–Kier alpha value is -2.04. The number of nitrogens with two attached hydrogens (primary N) is 1. The lowest BCUT2D eigenvalue weighted by atomic mass is 9.87. The van der Waals surface area contributed by atoms with Crippen molar-refractivity contribution in [3.63, 3.8) is 0 Å². The van der Waals surface area contributed by atoms with Crippen LogP contribution in [0.4, 0.5) is 4.79 Å². The maximum atomic E-state index is 11.3. The van der Waals surface area contributed by atoms with Gasteiger partial charge in [-0.15, -0.1) is 0 Å². The highest BCUT2D eigenvalue weighted by molar-refractivity contribution is 5.82. The van der Waals surface area contributed by atoms with Crippen LogP contribution < -0.4 is 16.4 Å². The van der Waals surface area contributed by atoms with Gasteiger partial charge < -0.3 is 16.4 Å². The van der Waals surface area contributed by atoms with Crippen molar-refractivity contribution in [2.24, 2.45) is 5.73 Å². The molecule has 0 fully saturated rings. The van der Waals surface area contributed by atoms with Crippen molar-refractivity contribution in [2.45, 2.75) is 32.7 Å². The molecule has 3 amide bonds. The molecular weight excluding hydrogens is 242 g/mol. The Bertz CT molecular complexity index is 447. The minimum absolute atomic E-state index is 0.116. The lowest BCUT2D eigenvalue weighted by molar-refractivity contribution is -0.117. The topological polar surface area (TPSA) is 84.2 Å². The number of benzene rings is 1. The van der Waals surface area contributed by atoms with Crippen LogP contribution in [0, 0.1) is 0 Å². The van der Waals surface area contributed by atoms with Crippen LogP contribution in [0.25, 0.3) is 0 Å². The summed E-state index contributed by atoms with van der Waals surface area (Å²) in [5.41, 5.74) is 7.29. The van der Waals surface area contributed by atoms with Crippen molar-refractivity contribution in [3.8, 4) is 0 Å². The summed E-state index contributed by atoms with van der Waals surface area (Å²) < 4.78 is 0. The van der Waals surface area contributed by atoms with Crippen molar-refractivity contribution >= 4 is 11.9 Å². The van der Waals surface area contributed by atoms with Crippen molar-refractivity contribution in [1.82, 2.24) is 10.6 Å². The monoisotopic (exact) mass is 263 g/mol. The number of amides is 3. The van der Waals surface area contributed by atoms with Crippen molar-refractivity contribution in [1.29, 1.82) is 0 Å². The molecule has 0 spiro atoms. The van der Waals surface area contributed by atoms with Gasteiger partial charge in [0, 0.05) is 6.54 Å². The molecule has 0 unspecified atom stereocenters. The fourth-order valence-electron chi connectivity index (χ4n) is 1.53. The van der Waals surface area contributed by atoms with Gasteiger partial charge in [-0.05, 0) is 16.5 Å². The van der Waals surface area contributed by atoms with Gasteiger partial charge in [-0.1, -0.05) is 45.0 Å². The Kier molecular flexibility index (Phi) is 4.92. The zero-order chi connectivity index (χ0) is 14.5. The van der Waals surface area contributed by atoms with E-state index in [-0.39, 0.29) is 12.0 Å². The lowest BCUT2D eigenvalue weighted by Crippen LogP contribution is -2.40. The molecule has 0 aromatic heterocycles. The predicted molar refractivity (Wildman–Crippen MR) is 74.6 cm³/mol. The number of urea groups is 1. The molecule has 0 saturated heterocycles. The summed E-state index contributed by atoms with van der Waals surface area (Å²) in [4.78, 5) is 21.8. The van der Waals surface area contributed by atoms with E-state index < -0.39 is 11.9 Å². The molecule has 0 saturated carbocycles. The van der Waals surface area contributed by atoms with E-state index in [4.69, 9.17) is 5.73 Å². The van der Waals surface area contributed by atoms with E-state index in [1.807, 2.05) is 12.1 Å². The number of hydrogen-bond acceptors (Lipinski definition) is 2. The second kappa shape index (κ2) is 6.22. The second-order valence-corrected chi connectivity index (χ2v) is 5.45. The highest BCUT2D eigenvalue weighted by Gasteiger charge is 2.12. The zero-order valence-electron chi connectivity index (χ0n) is 11.6. The number of hydrogen-bond donors (Lipinski definition) is 3. The number of nitrogens with one attached hydrogen (secondary N) is 2. The summed E-state index contributed by atoms with van der Waals surface area (Å²) in [6, 6.07) is 7.67. The quantitative estimate of drug-likeness (QED) is 0.764. The molecule has 19 heavy (non-hydrogen) atoms. The van der Waals surface area contributed by atoms with Gasteiger partial charge >= 0.3 is 6.03 Å². The van der Waals surface area contributed by atoms with Crippen molar-refractivity contribution in [3.05, 3.63) is 35.4 Å². The second-order valence-electron chi connectivity index (χ2n) is 5.45. The maximum Gasteiger partial charge on any atom is 0.315 e. The average Bonchev–Trinajstić information content (AvgIpc) is 2.33. The lowest BCUT2D eigenvalue weighted by Gasteiger charge is -2.19. The van der Waals surface area contributed by atoms with Gasteiger partial charge in [0.1, 0.15) is 0 Å². The molecule has 0 aliphatic carbocycles. The third-order valence-electron chi connectivity index (χ3n) is 2.70. The fourth-order valence-corrected chi connectivity index (χ4v) is 1.53. The average molecular weight is 263 g/mol. The molecule has 104 valence electrons. The van der Waals surface area contributed by atoms with Gasteiger partial charge in [0.25, 0.3) is 0 Å². The van der Waals surface area contributed by atoms with E-state index in [0.29, 0.717) is 6.54 Å². The smallest absolute Gasteiger partial charge is 0.315 e. The molecular formula is C14H21N3O2. The Morgan fingerprint density at radius 1 is 1.11 bits per heavy atom. The maximum absolute atomic E-state index is 11.3. The first-order valence-corrected chi connectivity index (χ1v) is 6.18. The van der Waals surface area contributed by atoms with E-state index in [9.17, 15) is 9.59 Å². The summed E-state index contributed by atoms with van der Waals surface area (Å²) in [5.74, 6) is -0.565. The van der Waals surface area contributed by atoms with Crippen LogP contribution in [0.2, 0.25) is 0 Å². The van der Waals surface area contributed by atoms with Gasteiger partial charge in [-0.2, -0.15) is 0 Å². The molecule has 0 atom stereocenters. The Morgan fingerprint density at radius 2 is 1.68 bits per heavy atom. The molecule has 4 N–H and O–H groups in total. The zero-order valence-corrected chi connectivity index (χ0v) is 11.6. The van der Waals surface area contributed by atoms with Crippen LogP contribution in [0.3, 0.4) is 0 Å². The first-order valence-electron chi connectivity index (χ1n) is 6.18. The predicted octanol–water partition coefficient (Wildman–Crippen LogP) is 1.27. The largest absolute Gasteiger partial charge is 0.368 e. The third-order valence-corrected chi connectivity index (χ3v) is 2.70. The molecule has 0 radical (unpaired) electrons. The van der Waals surface area contributed by atoms with E-state index in [1.165, 1.54) is 5.56 Å². The molecule has 1 aromatic carbocycles. The Balaban J connectivity index is 2.46. The molecule has 0 aliphatic heterocycles. The summed E-state index contributed by atoms with van der Waals surface area (Å²) in [7, 11) is 0. The van der Waals surface area contributed by atoms with Crippen molar-refractivity contribution in [2.75, 3.05) is 6.54 Å². The highest BCUT2D eigenvalue weighted by atomic mass is 16.2. The van der Waals surface area contributed by atoms with Crippen molar-refractivity contribution < 1.29 is 9.59 Å². The summed E-state index contributed by atoms with van der Waals surface area (Å²) in [6.07, 6.45) is 0. The highest BCUT2D eigenvalue weighted by Crippen LogP contribution is 2.21. The molecule has 1 aromatic rings. The fraction of sp³-hybridized carbons (Fsp3) is 0.429. The van der Waals surface area contributed by atoms with Crippen LogP contribution in [-0.2, 0) is 16.8 Å². The summed E-state index contributed by atoms with van der Waals surface area (Å²) in [5, 5.41) is 5.02. The molecule has 5 nitrogen and oxygen atoms in total. The first-order chi connectivity index (χ1) is 8.79. The van der Waals surface area contributed by atoms with Gasteiger partial charge in [-0.25, -0.2) is 4.79 Å². The van der Waals surface area contributed by atoms with Gasteiger partial charge in [0.15, 0.2) is 0 Å². The van der Waals surface area contributed by atoms with Crippen LogP contribution >= 0.6 is 0 Å². The van der Waals surface area contributed by atoms with Crippen LogP contribution in [0.15, 0.2) is 24.3 Å². The third kappa shape index (κ3) is 5.42. The normalized spacial score (nSPS) is 10.9. The van der Waals surface area contributed by atoms with Gasteiger partial charge in [0.2, 0.25) is 5.91 Å². The number of primary amides is 1. The minimum Gasteiger partial charge on any atom is -0.368 e. The molecule has 0 bridgehead atoms. The van der Waals surface area contributed by atoms with E-state index in [1.54, 1.807) is 0 Å². The van der Waals surface area contributed by atoms with Crippen LogP contribution in [0.5, 0.6) is 0 Å². The summed E-state index contributed by atoms with van der Waals surface area (Å²) >= 11 is 0. The van der Waals surface area contributed by atoms with E-state index >= 15 is 0 Å². The Labute approximate surface area is 113 Å². The standard InChI is InChI=1S/C14H21N3O2/c1-14(2,3)11-6-4-10(5-7-11)8-16-13(19)17-9-12(15)18/h4-7H,8-9H2,1-3H3,(H2,15,18)(H2,16,17,19). The van der Waals surface area contributed by atoms with Gasteiger partial charge in [0.05, 0.1) is 6.54 Å². The first kappa shape index (κ1) is 15.0. The number of rotatable bonds is 4. The SMILES string of the molecule is CC(C)(C)c1ccc(CNC(=O)NCC(N)=O)cc1. The number of carbonyl (C=O) groups is 2. The van der Waals surface area contributed by atoms with Crippen LogP contribution in [0.1, 0.15) is 31.9 Å². The van der Waals surface area contributed by atoms with Gasteiger partial charge in [-0.3, -0.25) is 4.79 Å². The van der Waals surface area contributed by atoms with E-state index in [0.717, 1.165) is 5.56 Å². The summed E-state index contributed by atoms with van der Waals surface area (Å²) in [6.45, 7) is 6.70. The molecule has 5 heteroatoms. The molecule has 0 heterocycles. The molecule has 0 aliphatic rings. The molecule has 1 rings (SSSR count).